The summed E-state index contributed by atoms with van der Waals surface area (Å²) in [6, 6.07) is -0.441. The molecule has 124 valence electrons. The van der Waals surface area contributed by atoms with Crippen LogP contribution >= 0.6 is 0 Å². The van der Waals surface area contributed by atoms with Crippen molar-refractivity contribution in [1.82, 2.24) is 24.6 Å². The van der Waals surface area contributed by atoms with Gasteiger partial charge < -0.3 is 4.90 Å². The van der Waals surface area contributed by atoms with Gasteiger partial charge in [-0.05, 0) is 37.5 Å². The van der Waals surface area contributed by atoms with Crippen molar-refractivity contribution >= 4 is 11.9 Å². The van der Waals surface area contributed by atoms with Gasteiger partial charge in [0.25, 0.3) is 0 Å². The number of urea groups is 1. The Bertz CT molecular complexity index is 704. The van der Waals surface area contributed by atoms with E-state index in [0.717, 1.165) is 12.8 Å². The molecule has 8 nitrogen and oxygen atoms in total. The molecular weight excluding hydrogens is 298 g/mol. The van der Waals surface area contributed by atoms with Crippen molar-refractivity contribution in [3.63, 3.8) is 0 Å². The number of rotatable bonds is 2. The molecule has 8 heteroatoms. The van der Waals surface area contributed by atoms with Crippen molar-refractivity contribution in [2.75, 3.05) is 13.1 Å². The highest BCUT2D eigenvalue weighted by atomic mass is 16.2. The van der Waals surface area contributed by atoms with E-state index in [4.69, 9.17) is 0 Å². The van der Waals surface area contributed by atoms with Crippen LogP contribution in [-0.2, 0) is 11.8 Å². The van der Waals surface area contributed by atoms with Gasteiger partial charge >= 0.3 is 11.7 Å². The molecule has 3 aliphatic rings. The van der Waals surface area contributed by atoms with Crippen molar-refractivity contribution in [2.45, 2.75) is 38.1 Å². The molecule has 2 atom stereocenters. The number of aromatic nitrogens is 3. The maximum Gasteiger partial charge on any atom is 0.343 e. The van der Waals surface area contributed by atoms with Crippen LogP contribution in [0.3, 0.4) is 0 Å². The summed E-state index contributed by atoms with van der Waals surface area (Å²) in [5.74, 6) is 1.42. The lowest BCUT2D eigenvalue weighted by Crippen LogP contribution is -2.44. The summed E-state index contributed by atoms with van der Waals surface area (Å²) in [6.07, 6.45) is 4.42. The highest BCUT2D eigenvalue weighted by Gasteiger charge is 2.49. The Hall–Kier alpha value is -2.12. The number of nitrogens with one attached hydrogen (secondary N) is 1. The van der Waals surface area contributed by atoms with Gasteiger partial charge in [-0.25, -0.2) is 14.7 Å². The standard InChI is InChI=1S/C15H21N5O3/c1-18-13(16-17-14(18)22)12-10(9-4-5-9)6-8-20(12)15(23)19-7-2-3-11(19)21/h9-10,12H,2-8H2,1H3,(H,17,22). The second-order valence-corrected chi connectivity index (χ2v) is 6.81. The summed E-state index contributed by atoms with van der Waals surface area (Å²) < 4.78 is 1.48. The largest absolute Gasteiger partial charge is 0.343 e. The Morgan fingerprint density at radius 3 is 2.57 bits per heavy atom. The van der Waals surface area contributed by atoms with Crippen LogP contribution in [0.15, 0.2) is 4.79 Å². The summed E-state index contributed by atoms with van der Waals surface area (Å²) in [6.45, 7) is 1.12. The Labute approximate surface area is 133 Å². The number of amides is 3. The zero-order valence-electron chi connectivity index (χ0n) is 13.2. The van der Waals surface area contributed by atoms with Crippen LogP contribution in [0.5, 0.6) is 0 Å². The van der Waals surface area contributed by atoms with Crippen molar-refractivity contribution in [3.8, 4) is 0 Å². The molecule has 1 N–H and O–H groups in total. The molecule has 0 bridgehead atoms. The van der Waals surface area contributed by atoms with E-state index in [1.165, 1.54) is 22.3 Å². The topological polar surface area (TPSA) is 91.3 Å². The summed E-state index contributed by atoms with van der Waals surface area (Å²) >= 11 is 0. The van der Waals surface area contributed by atoms with Gasteiger partial charge in [0.05, 0.1) is 6.04 Å². The monoisotopic (exact) mass is 319 g/mol. The lowest BCUT2D eigenvalue weighted by atomic mass is 9.94. The minimum atomic E-state index is -0.272. The lowest BCUT2D eigenvalue weighted by Gasteiger charge is -2.30. The van der Waals surface area contributed by atoms with Crippen molar-refractivity contribution in [3.05, 3.63) is 16.3 Å². The molecule has 3 amide bonds. The van der Waals surface area contributed by atoms with Crippen LogP contribution in [0.4, 0.5) is 4.79 Å². The second kappa shape index (κ2) is 5.21. The van der Waals surface area contributed by atoms with Crippen LogP contribution in [0.2, 0.25) is 0 Å². The Kier molecular flexibility index (Phi) is 3.28. The van der Waals surface area contributed by atoms with Gasteiger partial charge in [0.1, 0.15) is 0 Å². The minimum absolute atomic E-state index is 0.0976. The smallest absolute Gasteiger partial charge is 0.314 e. The molecule has 1 aromatic heterocycles. The first-order valence-electron chi connectivity index (χ1n) is 8.30. The molecule has 0 radical (unpaired) electrons. The average molecular weight is 319 g/mol. The normalized spacial score (nSPS) is 28.0. The molecule has 3 heterocycles. The number of carbonyl (C=O) groups excluding carboxylic acids is 2. The third-order valence-corrected chi connectivity index (χ3v) is 5.40. The summed E-state index contributed by atoms with van der Waals surface area (Å²) in [5.41, 5.74) is -0.272. The quantitative estimate of drug-likeness (QED) is 0.865. The van der Waals surface area contributed by atoms with Crippen LogP contribution < -0.4 is 5.69 Å². The Morgan fingerprint density at radius 2 is 2.00 bits per heavy atom. The summed E-state index contributed by atoms with van der Waals surface area (Å²) in [4.78, 5) is 39.6. The fraction of sp³-hybridized carbons (Fsp3) is 0.733. The van der Waals surface area contributed by atoms with E-state index in [1.54, 1.807) is 11.9 Å². The highest BCUT2D eigenvalue weighted by molar-refractivity contribution is 5.96. The minimum Gasteiger partial charge on any atom is -0.314 e. The van der Waals surface area contributed by atoms with Gasteiger partial charge in [-0.15, -0.1) is 0 Å². The maximum absolute atomic E-state index is 12.9. The number of carbonyl (C=O) groups is 2. The number of H-pyrrole nitrogens is 1. The first-order valence-corrected chi connectivity index (χ1v) is 8.30. The summed E-state index contributed by atoms with van der Waals surface area (Å²) in [5, 5.41) is 6.63. The van der Waals surface area contributed by atoms with Gasteiger partial charge in [-0.2, -0.15) is 5.10 Å². The first kappa shape index (κ1) is 14.5. The van der Waals surface area contributed by atoms with E-state index >= 15 is 0 Å². The van der Waals surface area contributed by atoms with Crippen LogP contribution in [0.1, 0.15) is 44.0 Å². The molecule has 4 rings (SSSR count). The first-order chi connectivity index (χ1) is 11.1. The molecule has 1 saturated carbocycles. The van der Waals surface area contributed by atoms with Crippen LogP contribution in [0.25, 0.3) is 0 Å². The molecule has 0 spiro atoms. The Balaban J connectivity index is 1.67. The van der Waals surface area contributed by atoms with Gasteiger partial charge in [0, 0.05) is 26.6 Å². The predicted octanol–water partition coefficient (Wildman–Crippen LogP) is 0.624. The van der Waals surface area contributed by atoms with Gasteiger partial charge in [-0.3, -0.25) is 14.3 Å². The van der Waals surface area contributed by atoms with E-state index in [9.17, 15) is 14.4 Å². The van der Waals surface area contributed by atoms with Gasteiger partial charge in [-0.1, -0.05) is 0 Å². The molecule has 0 aromatic carbocycles. The molecule has 2 saturated heterocycles. The Morgan fingerprint density at radius 1 is 1.22 bits per heavy atom. The van der Waals surface area contributed by atoms with Crippen molar-refractivity contribution in [1.29, 1.82) is 0 Å². The summed E-state index contributed by atoms with van der Waals surface area (Å²) in [7, 11) is 1.67. The van der Waals surface area contributed by atoms with Crippen molar-refractivity contribution < 1.29 is 9.59 Å². The molecule has 1 aliphatic carbocycles. The zero-order chi connectivity index (χ0) is 16.1. The zero-order valence-corrected chi connectivity index (χ0v) is 13.2. The second-order valence-electron chi connectivity index (χ2n) is 6.81. The fourth-order valence-electron chi connectivity index (χ4n) is 4.01. The number of nitrogens with zero attached hydrogens (tertiary/aromatic N) is 4. The molecule has 23 heavy (non-hydrogen) atoms. The number of aromatic amines is 1. The van der Waals surface area contributed by atoms with E-state index in [-0.39, 0.29) is 23.7 Å². The number of likely N-dealkylation sites (tertiary alicyclic amines) is 2. The van der Waals surface area contributed by atoms with E-state index in [2.05, 4.69) is 10.2 Å². The van der Waals surface area contributed by atoms with Crippen LogP contribution in [-0.4, -0.2) is 49.6 Å². The molecular formula is C15H21N5O3. The molecule has 3 fully saturated rings. The fourth-order valence-corrected chi connectivity index (χ4v) is 4.01. The predicted molar refractivity (Wildman–Crippen MR) is 80.4 cm³/mol. The van der Waals surface area contributed by atoms with E-state index in [0.29, 0.717) is 37.2 Å². The highest BCUT2D eigenvalue weighted by Crippen LogP contribution is 2.50. The van der Waals surface area contributed by atoms with E-state index < -0.39 is 0 Å². The SMILES string of the molecule is Cn1c(C2C(C3CC3)CCN2C(=O)N2CCCC2=O)n[nH]c1=O. The maximum atomic E-state index is 12.9. The number of hydrogen-bond acceptors (Lipinski definition) is 4. The van der Waals surface area contributed by atoms with Crippen molar-refractivity contribution in [2.24, 2.45) is 18.9 Å². The third-order valence-electron chi connectivity index (χ3n) is 5.40. The molecule has 1 aromatic rings. The molecule has 2 aliphatic heterocycles. The number of imide groups is 1. The lowest BCUT2D eigenvalue weighted by molar-refractivity contribution is -0.125. The molecule has 2 unspecified atom stereocenters. The number of hydrogen-bond donors (Lipinski definition) is 1. The average Bonchev–Trinajstić information content (AvgIpc) is 3.00. The third kappa shape index (κ3) is 2.27. The van der Waals surface area contributed by atoms with Gasteiger partial charge in [0.2, 0.25) is 5.91 Å². The van der Waals surface area contributed by atoms with Gasteiger partial charge in [0.15, 0.2) is 5.82 Å². The van der Waals surface area contributed by atoms with Crippen LogP contribution in [0, 0.1) is 11.8 Å². The van der Waals surface area contributed by atoms with E-state index in [1.807, 2.05) is 0 Å².